The lowest BCUT2D eigenvalue weighted by molar-refractivity contribution is -0.137. The molecule has 2 N–H and O–H groups in total. The standard InChI is InChI=1S/C13H12F3N3/c14-13(15,16)9-2-1-3-10(6-9)19-7-11(18-8-19)12(17)4-5-12/h1-3,6-8H,4-5,17H2. The Hall–Kier alpha value is -1.82. The van der Waals surface area contributed by atoms with Crippen molar-refractivity contribution < 1.29 is 13.2 Å². The van der Waals surface area contributed by atoms with Crippen LogP contribution in [-0.4, -0.2) is 9.55 Å². The Labute approximate surface area is 107 Å². The second-order valence-electron chi connectivity index (χ2n) is 4.87. The van der Waals surface area contributed by atoms with E-state index in [0.717, 1.165) is 30.7 Å². The summed E-state index contributed by atoms with van der Waals surface area (Å²) in [5, 5.41) is 0. The molecular formula is C13H12F3N3. The minimum absolute atomic E-state index is 0.382. The minimum atomic E-state index is -4.34. The maximum atomic E-state index is 12.6. The highest BCUT2D eigenvalue weighted by Crippen LogP contribution is 2.41. The molecule has 0 saturated heterocycles. The van der Waals surface area contributed by atoms with Crippen LogP contribution < -0.4 is 5.73 Å². The third kappa shape index (κ3) is 2.23. The molecule has 100 valence electrons. The zero-order valence-corrected chi connectivity index (χ0v) is 9.98. The average Bonchev–Trinajstić information content (AvgIpc) is 2.93. The van der Waals surface area contributed by atoms with Crippen LogP contribution in [0.2, 0.25) is 0 Å². The van der Waals surface area contributed by atoms with Gasteiger partial charge in [0.05, 0.1) is 23.1 Å². The molecule has 1 aromatic heterocycles. The number of nitrogens with zero attached hydrogens (tertiary/aromatic N) is 2. The van der Waals surface area contributed by atoms with Crippen LogP contribution in [0.4, 0.5) is 13.2 Å². The molecule has 0 spiro atoms. The van der Waals surface area contributed by atoms with E-state index in [2.05, 4.69) is 4.98 Å². The maximum Gasteiger partial charge on any atom is 0.416 e. The number of hydrogen-bond donors (Lipinski definition) is 1. The van der Waals surface area contributed by atoms with Crippen LogP contribution in [0.15, 0.2) is 36.8 Å². The average molecular weight is 267 g/mol. The molecule has 0 unspecified atom stereocenters. The van der Waals surface area contributed by atoms with Gasteiger partial charge < -0.3 is 10.3 Å². The summed E-state index contributed by atoms with van der Waals surface area (Å²) in [6, 6.07) is 5.14. The largest absolute Gasteiger partial charge is 0.416 e. The molecule has 3 nitrogen and oxygen atoms in total. The van der Waals surface area contributed by atoms with Crippen LogP contribution in [0, 0.1) is 0 Å². The molecule has 1 fully saturated rings. The highest BCUT2D eigenvalue weighted by Gasteiger charge is 2.42. The van der Waals surface area contributed by atoms with Gasteiger partial charge in [-0.2, -0.15) is 13.2 Å². The van der Waals surface area contributed by atoms with Gasteiger partial charge in [-0.05, 0) is 31.0 Å². The van der Waals surface area contributed by atoms with Crippen molar-refractivity contribution in [2.75, 3.05) is 0 Å². The number of rotatable bonds is 2. The minimum Gasteiger partial charge on any atom is -0.320 e. The molecule has 6 heteroatoms. The smallest absolute Gasteiger partial charge is 0.320 e. The van der Waals surface area contributed by atoms with Crippen LogP contribution in [0.5, 0.6) is 0 Å². The van der Waals surface area contributed by atoms with Gasteiger partial charge in [0.2, 0.25) is 0 Å². The molecule has 1 aliphatic carbocycles. The first-order chi connectivity index (χ1) is 8.88. The van der Waals surface area contributed by atoms with Gasteiger partial charge in [0, 0.05) is 11.9 Å². The molecule has 1 heterocycles. The van der Waals surface area contributed by atoms with Gasteiger partial charge in [-0.15, -0.1) is 0 Å². The van der Waals surface area contributed by atoms with Crippen LogP contribution in [0.3, 0.4) is 0 Å². The van der Waals surface area contributed by atoms with Crippen molar-refractivity contribution in [1.29, 1.82) is 0 Å². The number of alkyl halides is 3. The topological polar surface area (TPSA) is 43.8 Å². The number of halogens is 3. The Morgan fingerprint density at radius 1 is 1.26 bits per heavy atom. The first kappa shape index (κ1) is 12.2. The summed E-state index contributed by atoms with van der Waals surface area (Å²) in [6.45, 7) is 0. The molecule has 0 radical (unpaired) electrons. The predicted octanol–water partition coefficient (Wildman–Crippen LogP) is 2.84. The summed E-state index contributed by atoms with van der Waals surface area (Å²) in [5.74, 6) is 0. The van der Waals surface area contributed by atoms with E-state index in [1.807, 2.05) is 0 Å². The Morgan fingerprint density at radius 2 is 2.00 bits per heavy atom. The van der Waals surface area contributed by atoms with E-state index >= 15 is 0 Å². The lowest BCUT2D eigenvalue weighted by Gasteiger charge is -2.09. The van der Waals surface area contributed by atoms with Crippen LogP contribution in [-0.2, 0) is 11.7 Å². The SMILES string of the molecule is NC1(c2cn(-c3cccc(C(F)(F)F)c3)cn2)CC1. The van der Waals surface area contributed by atoms with Gasteiger partial charge in [-0.25, -0.2) is 4.98 Å². The van der Waals surface area contributed by atoms with Gasteiger partial charge in [0.15, 0.2) is 0 Å². The first-order valence-corrected chi connectivity index (χ1v) is 5.89. The van der Waals surface area contributed by atoms with E-state index in [1.165, 1.54) is 12.4 Å². The zero-order valence-electron chi connectivity index (χ0n) is 9.98. The predicted molar refractivity (Wildman–Crippen MR) is 63.7 cm³/mol. The van der Waals surface area contributed by atoms with Crippen molar-refractivity contribution in [2.24, 2.45) is 5.73 Å². The number of imidazole rings is 1. The molecule has 19 heavy (non-hydrogen) atoms. The fraction of sp³-hybridized carbons (Fsp3) is 0.308. The third-order valence-corrected chi connectivity index (χ3v) is 3.35. The van der Waals surface area contributed by atoms with Gasteiger partial charge in [-0.1, -0.05) is 6.07 Å². The lowest BCUT2D eigenvalue weighted by Crippen LogP contribution is -2.18. The van der Waals surface area contributed by atoms with Gasteiger partial charge >= 0.3 is 6.18 Å². The lowest BCUT2D eigenvalue weighted by atomic mass is 10.2. The molecule has 1 saturated carbocycles. The highest BCUT2D eigenvalue weighted by atomic mass is 19.4. The summed E-state index contributed by atoms with van der Waals surface area (Å²) in [5.41, 5.74) is 6.10. The van der Waals surface area contributed by atoms with Crippen LogP contribution in [0.1, 0.15) is 24.1 Å². The summed E-state index contributed by atoms with van der Waals surface area (Å²) in [6.07, 6.45) is 0.588. The molecule has 0 atom stereocenters. The van der Waals surface area contributed by atoms with Crippen molar-refractivity contribution >= 4 is 0 Å². The summed E-state index contributed by atoms with van der Waals surface area (Å²) >= 11 is 0. The first-order valence-electron chi connectivity index (χ1n) is 5.89. The number of nitrogens with two attached hydrogens (primary N) is 1. The van der Waals surface area contributed by atoms with E-state index in [0.29, 0.717) is 5.69 Å². The monoisotopic (exact) mass is 267 g/mol. The van der Waals surface area contributed by atoms with Crippen molar-refractivity contribution in [3.63, 3.8) is 0 Å². The van der Waals surface area contributed by atoms with Gasteiger partial charge in [-0.3, -0.25) is 0 Å². The summed E-state index contributed by atoms with van der Waals surface area (Å²) in [7, 11) is 0. The number of aromatic nitrogens is 2. The van der Waals surface area contributed by atoms with Crippen molar-refractivity contribution in [3.05, 3.63) is 48.0 Å². The fourth-order valence-electron chi connectivity index (χ4n) is 1.95. The molecule has 1 aliphatic rings. The van der Waals surface area contributed by atoms with Gasteiger partial charge in [0.1, 0.15) is 0 Å². The van der Waals surface area contributed by atoms with E-state index in [9.17, 15) is 13.2 Å². The fourth-order valence-corrected chi connectivity index (χ4v) is 1.95. The molecule has 0 aliphatic heterocycles. The second-order valence-corrected chi connectivity index (χ2v) is 4.87. The molecule has 0 bridgehead atoms. The maximum absolute atomic E-state index is 12.6. The third-order valence-electron chi connectivity index (χ3n) is 3.35. The molecular weight excluding hydrogens is 255 g/mol. The van der Waals surface area contributed by atoms with Gasteiger partial charge in [0.25, 0.3) is 0 Å². The Morgan fingerprint density at radius 3 is 2.63 bits per heavy atom. The van der Waals surface area contributed by atoms with E-state index in [4.69, 9.17) is 5.73 Å². The summed E-state index contributed by atoms with van der Waals surface area (Å²) in [4.78, 5) is 4.17. The number of hydrogen-bond acceptors (Lipinski definition) is 2. The summed E-state index contributed by atoms with van der Waals surface area (Å²) < 4.78 is 39.5. The Balaban J connectivity index is 1.96. The molecule has 3 rings (SSSR count). The second kappa shape index (κ2) is 3.84. The van der Waals surface area contributed by atoms with E-state index in [1.54, 1.807) is 16.8 Å². The van der Waals surface area contributed by atoms with E-state index in [-0.39, 0.29) is 5.54 Å². The molecule has 1 aromatic carbocycles. The van der Waals surface area contributed by atoms with Crippen LogP contribution in [0.25, 0.3) is 5.69 Å². The van der Waals surface area contributed by atoms with E-state index < -0.39 is 11.7 Å². The zero-order chi connectivity index (χ0) is 13.7. The normalized spacial score (nSPS) is 17.5. The Bertz CT molecular complexity index is 612. The number of benzene rings is 1. The van der Waals surface area contributed by atoms with Crippen molar-refractivity contribution in [2.45, 2.75) is 24.6 Å². The van der Waals surface area contributed by atoms with Crippen LogP contribution >= 0.6 is 0 Å². The Kier molecular flexibility index (Phi) is 2.47. The van der Waals surface area contributed by atoms with Crippen molar-refractivity contribution in [1.82, 2.24) is 9.55 Å². The highest BCUT2D eigenvalue weighted by molar-refractivity contribution is 5.38. The molecule has 2 aromatic rings. The quantitative estimate of drug-likeness (QED) is 0.909. The molecule has 0 amide bonds. The van der Waals surface area contributed by atoms with Crippen molar-refractivity contribution in [3.8, 4) is 5.69 Å².